The minimum absolute atomic E-state index is 0.167. The number of ether oxygens (including phenoxy) is 1. The third-order valence-electron chi connectivity index (χ3n) is 3.50. The van der Waals surface area contributed by atoms with E-state index in [-0.39, 0.29) is 12.0 Å². The number of carbonyl (C=O) groups is 1. The summed E-state index contributed by atoms with van der Waals surface area (Å²) in [5.41, 5.74) is -1.46. The number of rotatable bonds is 1. The van der Waals surface area contributed by atoms with Crippen molar-refractivity contribution in [3.8, 4) is 0 Å². The first kappa shape index (κ1) is 18.3. The molecule has 0 aromatic carbocycles. The number of alkyl halides is 3. The van der Waals surface area contributed by atoms with Gasteiger partial charge in [0.1, 0.15) is 5.60 Å². The molecule has 1 aromatic rings. The minimum atomic E-state index is -4.46. The molecule has 1 amide bonds. The van der Waals surface area contributed by atoms with Gasteiger partial charge in [-0.3, -0.25) is 0 Å². The van der Waals surface area contributed by atoms with Crippen LogP contribution in [0.2, 0.25) is 0 Å². The van der Waals surface area contributed by atoms with Gasteiger partial charge in [0.25, 0.3) is 0 Å². The largest absolute Gasteiger partial charge is 0.444 e. The Balaban J connectivity index is 2.01. The number of aromatic nitrogens is 2. The summed E-state index contributed by atoms with van der Waals surface area (Å²) in [6.07, 6.45) is -3.31. The molecule has 1 atom stereocenters. The molecular formula is C15H21F3N4O2. The van der Waals surface area contributed by atoms with Crippen LogP contribution in [0.3, 0.4) is 0 Å². The van der Waals surface area contributed by atoms with Crippen LogP contribution in [0, 0.1) is 0 Å². The lowest BCUT2D eigenvalue weighted by Crippen LogP contribution is -2.55. The molecule has 0 unspecified atom stereocenters. The third kappa shape index (κ3) is 4.48. The van der Waals surface area contributed by atoms with Gasteiger partial charge in [0.05, 0.1) is 5.56 Å². The minimum Gasteiger partial charge on any atom is -0.444 e. The molecule has 24 heavy (non-hydrogen) atoms. The first-order valence-corrected chi connectivity index (χ1v) is 7.61. The topological polar surface area (TPSA) is 58.6 Å². The molecule has 0 spiro atoms. The molecule has 134 valence electrons. The third-order valence-corrected chi connectivity index (χ3v) is 3.50. The number of piperazine rings is 1. The second-order valence-electron chi connectivity index (χ2n) is 6.74. The number of halogens is 3. The molecule has 0 radical (unpaired) electrons. The van der Waals surface area contributed by atoms with Gasteiger partial charge in [-0.25, -0.2) is 14.8 Å². The molecule has 0 aliphatic carbocycles. The quantitative estimate of drug-likeness (QED) is 0.782. The highest BCUT2D eigenvalue weighted by Crippen LogP contribution is 2.28. The van der Waals surface area contributed by atoms with Crippen molar-refractivity contribution in [2.75, 3.05) is 24.5 Å². The maximum Gasteiger partial charge on any atom is 0.419 e. The Morgan fingerprint density at radius 1 is 1.21 bits per heavy atom. The van der Waals surface area contributed by atoms with E-state index in [1.165, 1.54) is 0 Å². The second kappa shape index (κ2) is 6.45. The molecular weight excluding hydrogens is 325 g/mol. The molecule has 2 rings (SSSR count). The van der Waals surface area contributed by atoms with Crippen LogP contribution in [0.1, 0.15) is 33.3 Å². The molecule has 1 aromatic heterocycles. The molecule has 1 fully saturated rings. The van der Waals surface area contributed by atoms with Crippen molar-refractivity contribution in [1.29, 1.82) is 0 Å². The van der Waals surface area contributed by atoms with E-state index in [0.29, 0.717) is 19.6 Å². The summed E-state index contributed by atoms with van der Waals surface area (Å²) in [5, 5.41) is 0. The van der Waals surface area contributed by atoms with E-state index in [2.05, 4.69) is 9.97 Å². The normalized spacial score (nSPS) is 19.4. The summed E-state index contributed by atoms with van der Waals surface area (Å²) in [4.78, 5) is 23.1. The number of hydrogen-bond donors (Lipinski definition) is 0. The number of amides is 1. The van der Waals surface area contributed by atoms with Gasteiger partial charge in [0.2, 0.25) is 5.95 Å². The van der Waals surface area contributed by atoms with E-state index >= 15 is 0 Å². The first-order chi connectivity index (χ1) is 11.0. The van der Waals surface area contributed by atoms with Crippen LogP contribution in [0.25, 0.3) is 0 Å². The van der Waals surface area contributed by atoms with Crippen LogP contribution in [-0.2, 0) is 10.9 Å². The van der Waals surface area contributed by atoms with Crippen molar-refractivity contribution in [3.63, 3.8) is 0 Å². The van der Waals surface area contributed by atoms with Gasteiger partial charge < -0.3 is 14.5 Å². The zero-order valence-electron chi connectivity index (χ0n) is 14.1. The molecule has 9 heteroatoms. The van der Waals surface area contributed by atoms with Crippen LogP contribution < -0.4 is 4.90 Å². The lowest BCUT2D eigenvalue weighted by molar-refractivity contribution is -0.138. The predicted octanol–water partition coefficient (Wildman–Crippen LogP) is 2.94. The molecule has 0 N–H and O–H groups in total. The summed E-state index contributed by atoms with van der Waals surface area (Å²) in [5.74, 6) is 0.221. The Bertz CT molecular complexity index is 584. The van der Waals surface area contributed by atoms with E-state index in [1.807, 2.05) is 6.92 Å². The lowest BCUT2D eigenvalue weighted by Gasteiger charge is -2.40. The van der Waals surface area contributed by atoms with Crippen LogP contribution in [0.15, 0.2) is 12.4 Å². The predicted molar refractivity (Wildman–Crippen MR) is 81.6 cm³/mol. The van der Waals surface area contributed by atoms with E-state index in [1.54, 1.807) is 30.6 Å². The summed E-state index contributed by atoms with van der Waals surface area (Å²) < 4.78 is 43.0. The Kier molecular flexibility index (Phi) is 4.91. The SMILES string of the molecule is C[C@H]1CN(c2ncc(C(F)(F)F)cn2)CCN1C(=O)OC(C)(C)C. The van der Waals surface area contributed by atoms with Crippen LogP contribution in [0.5, 0.6) is 0 Å². The van der Waals surface area contributed by atoms with Gasteiger partial charge in [-0.05, 0) is 27.7 Å². The van der Waals surface area contributed by atoms with Crippen molar-refractivity contribution in [3.05, 3.63) is 18.0 Å². The average molecular weight is 346 g/mol. The highest BCUT2D eigenvalue weighted by Gasteiger charge is 2.33. The van der Waals surface area contributed by atoms with Gasteiger partial charge in [-0.2, -0.15) is 13.2 Å². The summed E-state index contributed by atoms with van der Waals surface area (Å²) in [6, 6.07) is -0.167. The Labute approximate surface area is 138 Å². The smallest absolute Gasteiger partial charge is 0.419 e. The monoisotopic (exact) mass is 346 g/mol. The van der Waals surface area contributed by atoms with Gasteiger partial charge in [0.15, 0.2) is 0 Å². The highest BCUT2D eigenvalue weighted by molar-refractivity contribution is 5.69. The fraction of sp³-hybridized carbons (Fsp3) is 0.667. The van der Waals surface area contributed by atoms with Gasteiger partial charge >= 0.3 is 12.3 Å². The molecule has 0 saturated carbocycles. The van der Waals surface area contributed by atoms with Crippen molar-refractivity contribution >= 4 is 12.0 Å². The Morgan fingerprint density at radius 3 is 2.25 bits per heavy atom. The van der Waals surface area contributed by atoms with Crippen molar-refractivity contribution in [2.45, 2.75) is 45.5 Å². The standard InChI is InChI=1S/C15H21F3N4O2/c1-10-9-21(5-6-22(10)13(23)24-14(2,3)4)12-19-7-11(8-20-12)15(16,17)18/h7-8,10H,5-6,9H2,1-4H3/t10-/m0/s1. The van der Waals surface area contributed by atoms with E-state index < -0.39 is 23.4 Å². The van der Waals surface area contributed by atoms with Gasteiger partial charge in [-0.1, -0.05) is 0 Å². The number of nitrogens with zero attached hydrogens (tertiary/aromatic N) is 4. The van der Waals surface area contributed by atoms with Crippen LogP contribution in [-0.4, -0.2) is 52.2 Å². The number of hydrogen-bond acceptors (Lipinski definition) is 5. The van der Waals surface area contributed by atoms with Crippen molar-refractivity contribution in [1.82, 2.24) is 14.9 Å². The fourth-order valence-electron chi connectivity index (χ4n) is 2.36. The molecule has 2 heterocycles. The summed E-state index contributed by atoms with van der Waals surface area (Å²) in [6.45, 7) is 8.46. The molecule has 0 bridgehead atoms. The summed E-state index contributed by atoms with van der Waals surface area (Å²) in [7, 11) is 0. The Morgan fingerprint density at radius 2 is 1.79 bits per heavy atom. The summed E-state index contributed by atoms with van der Waals surface area (Å²) >= 11 is 0. The first-order valence-electron chi connectivity index (χ1n) is 7.61. The van der Waals surface area contributed by atoms with Crippen LogP contribution in [0.4, 0.5) is 23.9 Å². The average Bonchev–Trinajstić information content (AvgIpc) is 2.44. The second-order valence-corrected chi connectivity index (χ2v) is 6.74. The zero-order valence-corrected chi connectivity index (χ0v) is 14.1. The maximum atomic E-state index is 12.5. The fourth-order valence-corrected chi connectivity index (χ4v) is 2.36. The molecule has 1 saturated heterocycles. The van der Waals surface area contributed by atoms with Gasteiger partial charge in [0, 0.05) is 38.1 Å². The molecule has 1 aliphatic heterocycles. The van der Waals surface area contributed by atoms with Gasteiger partial charge in [-0.15, -0.1) is 0 Å². The van der Waals surface area contributed by atoms with E-state index in [0.717, 1.165) is 12.4 Å². The molecule has 1 aliphatic rings. The van der Waals surface area contributed by atoms with E-state index in [9.17, 15) is 18.0 Å². The molecule has 6 nitrogen and oxygen atoms in total. The Hall–Kier alpha value is -2.06. The van der Waals surface area contributed by atoms with E-state index in [4.69, 9.17) is 4.74 Å². The van der Waals surface area contributed by atoms with Crippen molar-refractivity contribution < 1.29 is 22.7 Å². The lowest BCUT2D eigenvalue weighted by atomic mass is 10.2. The number of carbonyl (C=O) groups excluding carboxylic acids is 1. The highest BCUT2D eigenvalue weighted by atomic mass is 19.4. The maximum absolute atomic E-state index is 12.5. The number of anilines is 1. The van der Waals surface area contributed by atoms with Crippen LogP contribution >= 0.6 is 0 Å². The van der Waals surface area contributed by atoms with Crippen molar-refractivity contribution in [2.24, 2.45) is 0 Å². The zero-order chi connectivity index (χ0) is 18.1.